The number of hydrogen-bond acceptors (Lipinski definition) is 3. The smallest absolute Gasteiger partial charge is 0.258 e. The van der Waals surface area contributed by atoms with E-state index < -0.39 is 0 Å². The second-order valence-corrected chi connectivity index (χ2v) is 5.90. The molecule has 1 heterocycles. The molecule has 0 unspecified atom stereocenters. The number of nitrogens with one attached hydrogen (secondary N) is 1. The molecule has 2 aromatic carbocycles. The van der Waals surface area contributed by atoms with E-state index in [1.165, 1.54) is 0 Å². The molecule has 3 rings (SSSR count). The average Bonchev–Trinajstić information content (AvgIpc) is 2.54. The molecule has 0 aliphatic rings. The van der Waals surface area contributed by atoms with Crippen LogP contribution >= 0.6 is 11.6 Å². The molecule has 0 aliphatic carbocycles. The molecule has 0 amide bonds. The molecule has 0 saturated heterocycles. The van der Waals surface area contributed by atoms with Crippen molar-refractivity contribution in [2.24, 2.45) is 0 Å². The summed E-state index contributed by atoms with van der Waals surface area (Å²) in [6.07, 6.45) is 0. The highest BCUT2D eigenvalue weighted by Gasteiger charge is 2.09. The first kappa shape index (κ1) is 15.7. The number of hydrogen-bond donors (Lipinski definition) is 1. The van der Waals surface area contributed by atoms with Gasteiger partial charge >= 0.3 is 0 Å². The second-order valence-electron chi connectivity index (χ2n) is 5.46. The molecule has 1 N–H and O–H groups in total. The van der Waals surface area contributed by atoms with Crippen LogP contribution in [0.1, 0.15) is 18.3 Å². The summed E-state index contributed by atoms with van der Waals surface area (Å²) in [6, 6.07) is 15.2. The first-order chi connectivity index (χ1) is 11.2. The highest BCUT2D eigenvalue weighted by atomic mass is 35.5. The van der Waals surface area contributed by atoms with Crippen molar-refractivity contribution in [3.63, 3.8) is 0 Å². The third-order valence-corrected chi connectivity index (χ3v) is 4.01. The van der Waals surface area contributed by atoms with Gasteiger partial charge in [0.2, 0.25) is 0 Å². The number of fused-ring (bicyclic) bond motifs is 1. The van der Waals surface area contributed by atoms with Crippen LogP contribution in [-0.2, 0) is 13.1 Å². The quantitative estimate of drug-likeness (QED) is 0.779. The minimum absolute atomic E-state index is 0.0931. The Morgan fingerprint density at radius 3 is 2.74 bits per heavy atom. The Bertz CT molecular complexity index is 875. The predicted molar refractivity (Wildman–Crippen MR) is 93.6 cm³/mol. The van der Waals surface area contributed by atoms with Crippen LogP contribution in [0.4, 0.5) is 0 Å². The summed E-state index contributed by atoms with van der Waals surface area (Å²) < 4.78 is 0. The van der Waals surface area contributed by atoms with Crippen LogP contribution in [-0.4, -0.2) is 21.4 Å². The van der Waals surface area contributed by atoms with Crippen LogP contribution in [0.15, 0.2) is 53.3 Å². The summed E-state index contributed by atoms with van der Waals surface area (Å²) in [6.45, 7) is 4.28. The van der Waals surface area contributed by atoms with Crippen LogP contribution in [0.25, 0.3) is 10.9 Å². The Labute approximate surface area is 139 Å². The Morgan fingerprint density at radius 2 is 1.96 bits per heavy atom. The van der Waals surface area contributed by atoms with Gasteiger partial charge in [-0.25, -0.2) is 4.98 Å². The number of para-hydroxylation sites is 1. The maximum absolute atomic E-state index is 12.1. The Morgan fingerprint density at radius 1 is 1.13 bits per heavy atom. The van der Waals surface area contributed by atoms with Gasteiger partial charge in [-0.05, 0) is 36.4 Å². The lowest BCUT2D eigenvalue weighted by Gasteiger charge is -2.20. The molecule has 118 valence electrons. The van der Waals surface area contributed by atoms with Crippen molar-refractivity contribution in [1.82, 2.24) is 14.9 Å². The molecule has 5 heteroatoms. The summed E-state index contributed by atoms with van der Waals surface area (Å²) in [7, 11) is 0. The van der Waals surface area contributed by atoms with Gasteiger partial charge in [-0.3, -0.25) is 9.69 Å². The lowest BCUT2D eigenvalue weighted by atomic mass is 10.2. The third kappa shape index (κ3) is 3.78. The topological polar surface area (TPSA) is 49.0 Å². The Hall–Kier alpha value is -2.17. The lowest BCUT2D eigenvalue weighted by Crippen LogP contribution is -2.25. The Balaban J connectivity index is 1.83. The number of benzene rings is 2. The first-order valence-electron chi connectivity index (χ1n) is 7.60. The van der Waals surface area contributed by atoms with E-state index >= 15 is 0 Å². The number of aromatic nitrogens is 2. The van der Waals surface area contributed by atoms with Gasteiger partial charge in [-0.15, -0.1) is 0 Å². The van der Waals surface area contributed by atoms with Gasteiger partial charge in [0.1, 0.15) is 5.82 Å². The third-order valence-electron chi connectivity index (χ3n) is 3.78. The maximum Gasteiger partial charge on any atom is 0.258 e. The molecule has 4 nitrogen and oxygen atoms in total. The van der Waals surface area contributed by atoms with Crippen molar-refractivity contribution < 1.29 is 0 Å². The van der Waals surface area contributed by atoms with E-state index in [-0.39, 0.29) is 5.56 Å². The molecule has 0 radical (unpaired) electrons. The average molecular weight is 328 g/mol. The van der Waals surface area contributed by atoms with Gasteiger partial charge in [-0.2, -0.15) is 0 Å². The van der Waals surface area contributed by atoms with Gasteiger partial charge in [0.05, 0.1) is 17.4 Å². The van der Waals surface area contributed by atoms with Crippen molar-refractivity contribution in [3.05, 3.63) is 75.3 Å². The largest absolute Gasteiger partial charge is 0.309 e. The molecule has 0 aliphatic heterocycles. The van der Waals surface area contributed by atoms with Crippen molar-refractivity contribution in [1.29, 1.82) is 0 Å². The molecule has 1 aromatic heterocycles. The molecule has 3 aromatic rings. The summed E-state index contributed by atoms with van der Waals surface area (Å²) in [5.41, 5.74) is 1.77. The molecule has 0 saturated carbocycles. The van der Waals surface area contributed by atoms with Gasteiger partial charge < -0.3 is 4.98 Å². The standard InChI is InChI=1S/C18H18ClN3O/c1-2-22(11-13-6-5-7-14(19)10-13)12-17-20-16-9-4-3-8-15(16)18(23)21-17/h3-10H,2,11-12H2,1H3,(H,20,21,23). The first-order valence-corrected chi connectivity index (χ1v) is 7.98. The highest BCUT2D eigenvalue weighted by Crippen LogP contribution is 2.14. The fraction of sp³-hybridized carbons (Fsp3) is 0.222. The molecule has 0 atom stereocenters. The molecule has 0 spiro atoms. The Kier molecular flexibility index (Phi) is 4.74. The zero-order valence-corrected chi connectivity index (χ0v) is 13.7. The van der Waals surface area contributed by atoms with Gasteiger partial charge in [0.25, 0.3) is 5.56 Å². The predicted octanol–water partition coefficient (Wildman–Crippen LogP) is 3.60. The van der Waals surface area contributed by atoms with Crippen molar-refractivity contribution in [2.75, 3.05) is 6.54 Å². The molecule has 0 bridgehead atoms. The van der Waals surface area contributed by atoms with Crippen LogP contribution in [0, 0.1) is 0 Å². The number of H-pyrrole nitrogens is 1. The van der Waals surface area contributed by atoms with Crippen LogP contribution in [0.5, 0.6) is 0 Å². The zero-order valence-electron chi connectivity index (χ0n) is 12.9. The van der Waals surface area contributed by atoms with E-state index in [0.29, 0.717) is 17.8 Å². The summed E-state index contributed by atoms with van der Waals surface area (Å²) >= 11 is 6.04. The molecule has 23 heavy (non-hydrogen) atoms. The van der Waals surface area contributed by atoms with E-state index in [2.05, 4.69) is 21.8 Å². The van der Waals surface area contributed by atoms with E-state index in [1.807, 2.05) is 42.5 Å². The number of halogens is 1. The monoisotopic (exact) mass is 327 g/mol. The van der Waals surface area contributed by atoms with Crippen LogP contribution in [0.2, 0.25) is 5.02 Å². The van der Waals surface area contributed by atoms with Crippen molar-refractivity contribution in [3.8, 4) is 0 Å². The number of nitrogens with zero attached hydrogens (tertiary/aromatic N) is 2. The van der Waals surface area contributed by atoms with E-state index in [4.69, 9.17) is 11.6 Å². The van der Waals surface area contributed by atoms with Crippen molar-refractivity contribution in [2.45, 2.75) is 20.0 Å². The van der Waals surface area contributed by atoms with E-state index in [1.54, 1.807) is 6.07 Å². The normalized spacial score (nSPS) is 11.3. The number of aromatic amines is 1. The van der Waals surface area contributed by atoms with E-state index in [0.717, 1.165) is 29.2 Å². The fourth-order valence-electron chi connectivity index (χ4n) is 2.59. The minimum atomic E-state index is -0.0931. The number of rotatable bonds is 5. The van der Waals surface area contributed by atoms with Gasteiger partial charge in [-0.1, -0.05) is 42.8 Å². The second kappa shape index (κ2) is 6.94. The summed E-state index contributed by atoms with van der Waals surface area (Å²) in [5.74, 6) is 0.678. The molecule has 0 fully saturated rings. The lowest BCUT2D eigenvalue weighted by molar-refractivity contribution is 0.264. The van der Waals surface area contributed by atoms with Crippen LogP contribution in [0.3, 0.4) is 0 Å². The highest BCUT2D eigenvalue weighted by molar-refractivity contribution is 6.30. The minimum Gasteiger partial charge on any atom is -0.309 e. The summed E-state index contributed by atoms with van der Waals surface area (Å²) in [5, 5.41) is 1.35. The van der Waals surface area contributed by atoms with Crippen LogP contribution < -0.4 is 5.56 Å². The fourth-order valence-corrected chi connectivity index (χ4v) is 2.81. The maximum atomic E-state index is 12.1. The molecular weight excluding hydrogens is 310 g/mol. The van der Waals surface area contributed by atoms with Gasteiger partial charge in [0.15, 0.2) is 0 Å². The SMILES string of the molecule is CCN(Cc1cccc(Cl)c1)Cc1nc2ccccc2c(=O)[nH]1. The van der Waals surface area contributed by atoms with Gasteiger partial charge in [0, 0.05) is 11.6 Å². The molecular formula is C18H18ClN3O. The summed E-state index contributed by atoms with van der Waals surface area (Å²) in [4.78, 5) is 21.8. The van der Waals surface area contributed by atoms with Crippen molar-refractivity contribution >= 4 is 22.5 Å². The van der Waals surface area contributed by atoms with E-state index in [9.17, 15) is 4.79 Å². The zero-order chi connectivity index (χ0) is 16.2.